The predicted octanol–water partition coefficient (Wildman–Crippen LogP) is 7.04. The molecule has 4 aromatic carbocycles. The molecule has 1 fully saturated rings. The number of ether oxygens (including phenoxy) is 1. The highest BCUT2D eigenvalue weighted by Gasteiger charge is 2.52. The molecule has 5 aromatic rings. The van der Waals surface area contributed by atoms with Crippen LogP contribution in [0.4, 0.5) is 5.69 Å². The number of esters is 1. The minimum atomic E-state index is -0.773. The van der Waals surface area contributed by atoms with Crippen LogP contribution in [0.2, 0.25) is 0 Å². The van der Waals surface area contributed by atoms with E-state index in [0.717, 1.165) is 39.2 Å². The van der Waals surface area contributed by atoms with Crippen LogP contribution in [0.5, 0.6) is 0 Å². The van der Waals surface area contributed by atoms with Crippen LogP contribution in [0.3, 0.4) is 0 Å². The fraction of sp³-hybridized carbons (Fsp3) is 0.237. The first-order valence-electron chi connectivity index (χ1n) is 15.5. The van der Waals surface area contributed by atoms with Gasteiger partial charge in [0.25, 0.3) is 0 Å². The summed E-state index contributed by atoms with van der Waals surface area (Å²) in [6.45, 7) is 4.73. The molecular formula is C38H35N3O4. The summed E-state index contributed by atoms with van der Waals surface area (Å²) in [5, 5.41) is 5.51. The number of aromatic amines is 1. The monoisotopic (exact) mass is 597 g/mol. The molecule has 226 valence electrons. The summed E-state index contributed by atoms with van der Waals surface area (Å²) in [5.74, 6) is -0.457. The van der Waals surface area contributed by atoms with Gasteiger partial charge in [0.05, 0.1) is 17.6 Å². The van der Waals surface area contributed by atoms with E-state index in [1.54, 1.807) is 18.0 Å². The second-order valence-electron chi connectivity index (χ2n) is 12.0. The molecule has 2 aliphatic heterocycles. The Morgan fingerprint density at radius 3 is 2.51 bits per heavy atom. The molecular weight excluding hydrogens is 562 g/mol. The number of H-pyrrole nitrogens is 1. The van der Waals surface area contributed by atoms with E-state index >= 15 is 0 Å². The molecule has 7 heteroatoms. The van der Waals surface area contributed by atoms with Crippen LogP contribution in [0.25, 0.3) is 33.0 Å². The van der Waals surface area contributed by atoms with Gasteiger partial charge in [-0.05, 0) is 83.0 Å². The quantitative estimate of drug-likeness (QED) is 0.197. The maximum atomic E-state index is 13.4. The number of aromatic nitrogens is 1. The Kier molecular flexibility index (Phi) is 7.24. The summed E-state index contributed by atoms with van der Waals surface area (Å²) in [4.78, 5) is 44.1. The Morgan fingerprint density at radius 1 is 0.933 bits per heavy atom. The molecule has 0 radical (unpaired) electrons. The number of nitrogens with one attached hydrogen (secondary N) is 2. The summed E-state index contributed by atoms with van der Waals surface area (Å²) >= 11 is 0. The van der Waals surface area contributed by atoms with Crippen molar-refractivity contribution in [1.29, 1.82) is 0 Å². The molecule has 0 bridgehead atoms. The van der Waals surface area contributed by atoms with Gasteiger partial charge in [-0.1, -0.05) is 72.8 Å². The van der Waals surface area contributed by atoms with Gasteiger partial charge >= 0.3 is 5.97 Å². The fourth-order valence-corrected chi connectivity index (χ4v) is 7.01. The van der Waals surface area contributed by atoms with E-state index in [-0.39, 0.29) is 24.2 Å². The van der Waals surface area contributed by atoms with Gasteiger partial charge in [0.2, 0.25) is 11.8 Å². The van der Waals surface area contributed by atoms with Crippen LogP contribution in [-0.2, 0) is 26.2 Å². The molecule has 1 atom stereocenters. The van der Waals surface area contributed by atoms with E-state index in [1.165, 1.54) is 16.3 Å². The number of anilines is 1. The zero-order valence-electron chi connectivity index (χ0n) is 25.5. The average Bonchev–Trinajstić information content (AvgIpc) is 3.75. The summed E-state index contributed by atoms with van der Waals surface area (Å²) in [6.07, 6.45) is 3.01. The van der Waals surface area contributed by atoms with E-state index in [1.807, 2.05) is 19.1 Å². The van der Waals surface area contributed by atoms with E-state index in [9.17, 15) is 14.4 Å². The Bertz CT molecular complexity index is 1950. The highest BCUT2D eigenvalue weighted by atomic mass is 16.5. The number of fused-ring (bicyclic) bond motifs is 3. The molecule has 2 amide bonds. The maximum absolute atomic E-state index is 13.4. The Balaban J connectivity index is 1.09. The molecule has 7 rings (SSSR count). The zero-order valence-corrected chi connectivity index (χ0v) is 25.5. The number of hydrogen-bond acceptors (Lipinski definition) is 4. The van der Waals surface area contributed by atoms with Crippen molar-refractivity contribution in [3.63, 3.8) is 0 Å². The van der Waals surface area contributed by atoms with Gasteiger partial charge in [-0.25, -0.2) is 4.79 Å². The van der Waals surface area contributed by atoms with E-state index in [2.05, 4.69) is 83.1 Å². The fourth-order valence-electron chi connectivity index (χ4n) is 7.01. The molecule has 2 aliphatic rings. The summed E-state index contributed by atoms with van der Waals surface area (Å²) in [6, 6.07) is 29.5. The summed E-state index contributed by atoms with van der Waals surface area (Å²) in [7, 11) is 0. The topological polar surface area (TPSA) is 91.5 Å². The molecule has 0 aliphatic carbocycles. The van der Waals surface area contributed by atoms with Crippen molar-refractivity contribution in [2.45, 2.75) is 38.5 Å². The van der Waals surface area contributed by atoms with E-state index in [0.29, 0.717) is 38.1 Å². The van der Waals surface area contributed by atoms with Crippen LogP contribution in [0.15, 0.2) is 91.1 Å². The highest BCUT2D eigenvalue weighted by molar-refractivity contribution is 6.07. The van der Waals surface area contributed by atoms with E-state index in [4.69, 9.17) is 4.74 Å². The van der Waals surface area contributed by atoms with Crippen LogP contribution in [-0.4, -0.2) is 47.4 Å². The first-order valence-corrected chi connectivity index (χ1v) is 15.5. The first kappa shape index (κ1) is 28.6. The normalized spacial score (nSPS) is 17.1. The molecule has 2 N–H and O–H groups in total. The van der Waals surface area contributed by atoms with Crippen LogP contribution < -0.4 is 5.32 Å². The molecule has 7 nitrogen and oxygen atoms in total. The number of likely N-dealkylation sites (tertiary alicyclic amines) is 1. The van der Waals surface area contributed by atoms with Gasteiger partial charge in [-0.2, -0.15) is 0 Å². The van der Waals surface area contributed by atoms with Crippen molar-refractivity contribution in [2.75, 3.05) is 25.0 Å². The largest absolute Gasteiger partial charge is 0.462 e. The number of rotatable bonds is 7. The predicted molar refractivity (Wildman–Crippen MR) is 176 cm³/mol. The Morgan fingerprint density at radius 2 is 1.69 bits per heavy atom. The van der Waals surface area contributed by atoms with Crippen LogP contribution in [0.1, 0.15) is 46.9 Å². The van der Waals surface area contributed by atoms with Crippen molar-refractivity contribution in [3.8, 4) is 22.3 Å². The maximum Gasteiger partial charge on any atom is 0.340 e. The lowest BCUT2D eigenvalue weighted by Crippen LogP contribution is -2.39. The standard InChI is InChI=1S/C38H35N3O4/c1-3-45-36(43)35-24(2)39-22-29(35)16-18-34(42)41-20-19-38(23-41)32-21-28(15-17-33(32)40-37(38)44)25-11-13-27(14-12-25)31-10-6-8-26-7-4-5-9-30(26)31/h4-15,17,21-22,39H,3,16,18-20,23H2,1-2H3,(H,40,44). The van der Waals surface area contributed by atoms with Gasteiger partial charge in [0, 0.05) is 37.1 Å². The van der Waals surface area contributed by atoms with Gasteiger partial charge in [0.15, 0.2) is 0 Å². The third-order valence-corrected chi connectivity index (χ3v) is 9.41. The third-order valence-electron chi connectivity index (χ3n) is 9.41. The molecule has 1 aromatic heterocycles. The molecule has 0 saturated carbocycles. The van der Waals surface area contributed by atoms with Gasteiger partial charge < -0.3 is 19.9 Å². The van der Waals surface area contributed by atoms with Crippen molar-refractivity contribution in [1.82, 2.24) is 9.88 Å². The summed E-state index contributed by atoms with van der Waals surface area (Å²) in [5.41, 5.74) is 7.45. The second-order valence-corrected chi connectivity index (χ2v) is 12.0. The lowest BCUT2D eigenvalue weighted by molar-refractivity contribution is -0.130. The highest BCUT2D eigenvalue weighted by Crippen LogP contribution is 2.46. The zero-order chi connectivity index (χ0) is 31.1. The van der Waals surface area contributed by atoms with Crippen molar-refractivity contribution in [3.05, 3.63) is 114 Å². The Hall–Kier alpha value is -5.17. The molecule has 1 saturated heterocycles. The van der Waals surface area contributed by atoms with Crippen LogP contribution >= 0.6 is 0 Å². The lowest BCUT2D eigenvalue weighted by Gasteiger charge is -2.23. The average molecular weight is 598 g/mol. The van der Waals surface area contributed by atoms with Gasteiger partial charge in [-0.3, -0.25) is 9.59 Å². The molecule has 45 heavy (non-hydrogen) atoms. The number of aryl methyl sites for hydroxylation is 2. The number of carbonyl (C=O) groups is 3. The number of benzene rings is 4. The molecule has 1 spiro atoms. The third kappa shape index (κ3) is 4.98. The minimum Gasteiger partial charge on any atom is -0.462 e. The summed E-state index contributed by atoms with van der Waals surface area (Å²) < 4.78 is 5.21. The number of amides is 2. The second kappa shape index (κ2) is 11.4. The SMILES string of the molecule is CCOC(=O)c1c(CCC(=O)N2CCC3(C2)C(=O)Nc2ccc(-c4ccc(-c5cccc6ccccc56)cc4)cc23)c[nH]c1C. The number of carbonyl (C=O) groups excluding carboxylic acids is 3. The smallest absolute Gasteiger partial charge is 0.340 e. The minimum absolute atomic E-state index is 0.0260. The molecule has 1 unspecified atom stereocenters. The van der Waals surface area contributed by atoms with Crippen molar-refractivity contribution < 1.29 is 19.1 Å². The Labute approximate surface area is 262 Å². The van der Waals surface area contributed by atoms with Crippen molar-refractivity contribution in [2.24, 2.45) is 0 Å². The van der Waals surface area contributed by atoms with Gasteiger partial charge in [-0.15, -0.1) is 0 Å². The number of hydrogen-bond donors (Lipinski definition) is 2. The van der Waals surface area contributed by atoms with Gasteiger partial charge in [0.1, 0.15) is 0 Å². The first-order chi connectivity index (χ1) is 21.9. The molecule has 3 heterocycles. The van der Waals surface area contributed by atoms with Crippen molar-refractivity contribution >= 4 is 34.2 Å². The lowest BCUT2D eigenvalue weighted by atomic mass is 9.80. The number of nitrogens with zero attached hydrogens (tertiary/aromatic N) is 1. The van der Waals surface area contributed by atoms with E-state index < -0.39 is 5.41 Å². The van der Waals surface area contributed by atoms with Crippen LogP contribution in [0, 0.1) is 6.92 Å².